The normalized spacial score (nSPS) is 15.9. The van der Waals surface area contributed by atoms with Crippen LogP contribution in [-0.2, 0) is 9.53 Å². The molecule has 6 heteroatoms. The van der Waals surface area contributed by atoms with Crippen molar-refractivity contribution in [1.82, 2.24) is 14.5 Å². The molecule has 2 heterocycles. The number of nitrogens with zero attached hydrogens (tertiary/aromatic N) is 3. The summed E-state index contributed by atoms with van der Waals surface area (Å²) in [6.45, 7) is 1.89. The van der Waals surface area contributed by atoms with Gasteiger partial charge >= 0.3 is 5.97 Å². The molecule has 0 N–H and O–H groups in total. The van der Waals surface area contributed by atoms with Gasteiger partial charge in [-0.15, -0.1) is 0 Å². The van der Waals surface area contributed by atoms with E-state index in [1.54, 1.807) is 30.6 Å². The number of aromatic nitrogens is 3. The molecule has 1 saturated carbocycles. The summed E-state index contributed by atoms with van der Waals surface area (Å²) in [6, 6.07) is 10.1. The Morgan fingerprint density at radius 2 is 1.97 bits per heavy atom. The molecule has 1 unspecified atom stereocenters. The van der Waals surface area contributed by atoms with Gasteiger partial charge in [-0.05, 0) is 56.4 Å². The van der Waals surface area contributed by atoms with Gasteiger partial charge in [-0.2, -0.15) is 0 Å². The van der Waals surface area contributed by atoms with Crippen LogP contribution in [0.5, 0.6) is 0 Å². The molecule has 3 aromatic rings. The lowest BCUT2D eigenvalue weighted by molar-refractivity contribution is -0.154. The molecule has 0 aliphatic heterocycles. The molecular weight excluding hydrogens is 366 g/mol. The van der Waals surface area contributed by atoms with Crippen LogP contribution < -0.4 is 5.56 Å². The van der Waals surface area contributed by atoms with Crippen molar-refractivity contribution < 1.29 is 9.53 Å². The van der Waals surface area contributed by atoms with Crippen molar-refractivity contribution in [3.05, 3.63) is 59.1 Å². The maximum absolute atomic E-state index is 13.4. The van der Waals surface area contributed by atoms with Crippen LogP contribution in [0.3, 0.4) is 0 Å². The number of hydrogen-bond acceptors (Lipinski definition) is 5. The Morgan fingerprint density at radius 1 is 1.17 bits per heavy atom. The summed E-state index contributed by atoms with van der Waals surface area (Å²) in [7, 11) is 0. The Hall–Kier alpha value is -3.02. The molecule has 1 aliphatic carbocycles. The van der Waals surface area contributed by atoms with E-state index in [1.165, 1.54) is 11.0 Å². The lowest BCUT2D eigenvalue weighted by Crippen LogP contribution is -2.35. The Balaban J connectivity index is 1.82. The van der Waals surface area contributed by atoms with Crippen LogP contribution in [0.25, 0.3) is 22.3 Å². The van der Waals surface area contributed by atoms with E-state index < -0.39 is 6.04 Å². The number of fused-ring (bicyclic) bond motifs is 1. The highest BCUT2D eigenvalue weighted by Gasteiger charge is 2.29. The van der Waals surface area contributed by atoms with Gasteiger partial charge in [0.2, 0.25) is 0 Å². The van der Waals surface area contributed by atoms with Crippen molar-refractivity contribution in [2.45, 2.75) is 57.6 Å². The Kier molecular flexibility index (Phi) is 5.69. The Labute approximate surface area is 169 Å². The van der Waals surface area contributed by atoms with Gasteiger partial charge in [-0.3, -0.25) is 14.3 Å². The van der Waals surface area contributed by atoms with Gasteiger partial charge in [0.15, 0.2) is 0 Å². The largest absolute Gasteiger partial charge is 0.461 e. The summed E-state index contributed by atoms with van der Waals surface area (Å²) >= 11 is 0. The number of ether oxygens (including phenoxy) is 1. The number of hydrogen-bond donors (Lipinski definition) is 0. The molecule has 0 spiro atoms. The van der Waals surface area contributed by atoms with E-state index in [0.29, 0.717) is 28.7 Å². The Morgan fingerprint density at radius 3 is 2.69 bits per heavy atom. The van der Waals surface area contributed by atoms with Crippen LogP contribution in [0.4, 0.5) is 0 Å². The topological polar surface area (TPSA) is 74.1 Å². The lowest BCUT2D eigenvalue weighted by atomic mass is 9.98. The van der Waals surface area contributed by atoms with Crippen LogP contribution in [-0.4, -0.2) is 26.6 Å². The van der Waals surface area contributed by atoms with Gasteiger partial charge in [0.1, 0.15) is 18.0 Å². The maximum atomic E-state index is 13.4. The Bertz CT molecular complexity index is 1060. The average molecular weight is 391 g/mol. The van der Waals surface area contributed by atoms with Crippen LogP contribution in [0.1, 0.15) is 51.5 Å². The van der Waals surface area contributed by atoms with Crippen LogP contribution in [0.15, 0.2) is 53.6 Å². The van der Waals surface area contributed by atoms with Gasteiger partial charge in [0, 0.05) is 18.0 Å². The fourth-order valence-corrected chi connectivity index (χ4v) is 4.01. The third-order valence-corrected chi connectivity index (χ3v) is 5.53. The number of carbonyl (C=O) groups is 1. The van der Waals surface area contributed by atoms with Crippen molar-refractivity contribution >= 4 is 16.9 Å². The summed E-state index contributed by atoms with van der Waals surface area (Å²) in [5.41, 5.74) is 1.06. The lowest BCUT2D eigenvalue weighted by Gasteiger charge is -2.26. The van der Waals surface area contributed by atoms with Crippen molar-refractivity contribution in [3.8, 4) is 11.4 Å². The zero-order valence-corrected chi connectivity index (χ0v) is 16.6. The molecule has 0 amide bonds. The second kappa shape index (κ2) is 8.55. The zero-order valence-electron chi connectivity index (χ0n) is 16.6. The number of esters is 1. The first-order valence-corrected chi connectivity index (χ1v) is 10.3. The molecule has 0 bridgehead atoms. The molecule has 1 fully saturated rings. The quantitative estimate of drug-likeness (QED) is 0.607. The maximum Gasteiger partial charge on any atom is 0.329 e. The minimum Gasteiger partial charge on any atom is -0.461 e. The van der Waals surface area contributed by atoms with E-state index in [1.807, 2.05) is 25.1 Å². The SMILES string of the molecule is CCC(C(=O)OC1CCCCC1)n1c(-c2cccnc2)nc2ccccc2c1=O. The van der Waals surface area contributed by atoms with E-state index in [9.17, 15) is 9.59 Å². The van der Waals surface area contributed by atoms with E-state index in [2.05, 4.69) is 4.98 Å². The van der Waals surface area contributed by atoms with Gasteiger partial charge < -0.3 is 4.74 Å². The summed E-state index contributed by atoms with van der Waals surface area (Å²) in [4.78, 5) is 35.4. The predicted molar refractivity (Wildman–Crippen MR) is 112 cm³/mol. The molecule has 0 saturated heterocycles. The first-order chi connectivity index (χ1) is 14.2. The molecule has 6 nitrogen and oxygen atoms in total. The van der Waals surface area contributed by atoms with Crippen molar-refractivity contribution in [2.24, 2.45) is 0 Å². The summed E-state index contributed by atoms with van der Waals surface area (Å²) in [5, 5.41) is 0.490. The highest BCUT2D eigenvalue weighted by atomic mass is 16.5. The first-order valence-electron chi connectivity index (χ1n) is 10.3. The third-order valence-electron chi connectivity index (χ3n) is 5.53. The van der Waals surface area contributed by atoms with Gasteiger partial charge in [-0.25, -0.2) is 9.78 Å². The van der Waals surface area contributed by atoms with Crippen LogP contribution >= 0.6 is 0 Å². The molecule has 29 heavy (non-hydrogen) atoms. The molecule has 1 atom stereocenters. The number of benzene rings is 1. The molecular formula is C23H25N3O3. The highest BCUT2D eigenvalue weighted by molar-refractivity contribution is 5.81. The zero-order chi connectivity index (χ0) is 20.2. The third kappa shape index (κ3) is 3.92. The predicted octanol–water partition coefficient (Wildman–Crippen LogP) is 4.29. The van der Waals surface area contributed by atoms with Crippen molar-refractivity contribution in [3.63, 3.8) is 0 Å². The van der Waals surface area contributed by atoms with E-state index in [4.69, 9.17) is 9.72 Å². The van der Waals surface area contributed by atoms with Crippen LogP contribution in [0.2, 0.25) is 0 Å². The van der Waals surface area contributed by atoms with Crippen LogP contribution in [0, 0.1) is 0 Å². The number of rotatable bonds is 5. The van der Waals surface area contributed by atoms with Crippen molar-refractivity contribution in [2.75, 3.05) is 0 Å². The fraction of sp³-hybridized carbons (Fsp3) is 0.391. The van der Waals surface area contributed by atoms with Crippen molar-refractivity contribution in [1.29, 1.82) is 0 Å². The number of para-hydroxylation sites is 1. The minimum absolute atomic E-state index is 0.0590. The second-order valence-corrected chi connectivity index (χ2v) is 7.49. The first kappa shape index (κ1) is 19.3. The van der Waals surface area contributed by atoms with Gasteiger partial charge in [0.05, 0.1) is 10.9 Å². The van der Waals surface area contributed by atoms with Gasteiger partial charge in [0.25, 0.3) is 5.56 Å². The van der Waals surface area contributed by atoms with Gasteiger partial charge in [-0.1, -0.05) is 25.5 Å². The second-order valence-electron chi connectivity index (χ2n) is 7.49. The number of pyridine rings is 1. The average Bonchev–Trinajstić information content (AvgIpc) is 2.77. The molecule has 0 radical (unpaired) electrons. The fourth-order valence-electron chi connectivity index (χ4n) is 4.01. The smallest absolute Gasteiger partial charge is 0.329 e. The number of carbonyl (C=O) groups excluding carboxylic acids is 1. The minimum atomic E-state index is -0.725. The molecule has 4 rings (SSSR count). The summed E-state index contributed by atoms with van der Waals surface area (Å²) in [6.07, 6.45) is 8.83. The summed E-state index contributed by atoms with van der Waals surface area (Å²) < 4.78 is 7.31. The molecule has 2 aromatic heterocycles. The molecule has 150 valence electrons. The van der Waals surface area contributed by atoms with E-state index >= 15 is 0 Å². The molecule has 1 aromatic carbocycles. The van der Waals surface area contributed by atoms with E-state index in [-0.39, 0.29) is 17.6 Å². The standard InChI is InChI=1S/C23H25N3O3/c1-2-20(23(28)29-17-10-4-3-5-11-17)26-21(16-9-8-14-24-15-16)25-19-13-7-6-12-18(19)22(26)27/h6-9,12-15,17,20H,2-5,10-11H2,1H3. The van der Waals surface area contributed by atoms with E-state index in [0.717, 1.165) is 25.7 Å². The summed E-state index contributed by atoms with van der Waals surface area (Å²) in [5.74, 6) is 0.0814. The monoisotopic (exact) mass is 391 g/mol. The highest BCUT2D eigenvalue weighted by Crippen LogP contribution is 2.26. The molecule has 1 aliphatic rings.